The third-order valence-corrected chi connectivity index (χ3v) is 3.62. The number of hydrogen-bond donors (Lipinski definition) is 1. The Morgan fingerprint density at radius 1 is 0.700 bits per heavy atom. The van der Waals surface area contributed by atoms with Gasteiger partial charge in [-0.1, -0.05) is 0 Å². The maximum absolute atomic E-state index is 11.1. The molecule has 0 saturated heterocycles. The molecule has 9 heteroatoms. The molecule has 0 spiro atoms. The zero-order valence-corrected chi connectivity index (χ0v) is 17.8. The van der Waals surface area contributed by atoms with E-state index in [1.807, 2.05) is 12.1 Å². The number of hydrogen-bond acceptors (Lipinski definition) is 9. The molecule has 1 aromatic carbocycles. The third kappa shape index (κ3) is 15.9. The Hall–Kier alpha value is -1.91. The number of carbonyl (C=O) groups excluding carboxylic acids is 1. The largest absolute Gasteiger partial charge is 0.491 e. The predicted molar refractivity (Wildman–Crippen MR) is 112 cm³/mol. The molecule has 0 aliphatic carbocycles. The number of esters is 1. The summed E-state index contributed by atoms with van der Waals surface area (Å²) in [6.07, 6.45) is 0.263. The van der Waals surface area contributed by atoms with Gasteiger partial charge in [0, 0.05) is 5.69 Å². The summed E-state index contributed by atoms with van der Waals surface area (Å²) in [5.74, 6) is 0.524. The molecule has 0 saturated carbocycles. The molecular formula is C21H35NO8. The number of nitrogen functional groups attached to an aromatic ring is 1. The number of anilines is 1. The lowest BCUT2D eigenvalue weighted by Crippen LogP contribution is -2.14. The zero-order chi connectivity index (χ0) is 21.7. The van der Waals surface area contributed by atoms with Crippen molar-refractivity contribution < 1.29 is 38.0 Å². The zero-order valence-electron chi connectivity index (χ0n) is 17.8. The van der Waals surface area contributed by atoms with Crippen molar-refractivity contribution >= 4 is 11.7 Å². The number of rotatable bonds is 20. The monoisotopic (exact) mass is 429 g/mol. The summed E-state index contributed by atoms with van der Waals surface area (Å²) in [6.45, 7) is 7.36. The van der Waals surface area contributed by atoms with Crippen LogP contribution in [0.25, 0.3) is 0 Å². The molecule has 2 N–H and O–H groups in total. The topological polar surface area (TPSA) is 108 Å². The fraction of sp³-hybridized carbons (Fsp3) is 0.667. The Kier molecular flexibility index (Phi) is 16.6. The smallest absolute Gasteiger partial charge is 0.308 e. The van der Waals surface area contributed by atoms with Gasteiger partial charge < -0.3 is 38.9 Å². The van der Waals surface area contributed by atoms with E-state index in [1.165, 1.54) is 0 Å². The van der Waals surface area contributed by atoms with E-state index in [9.17, 15) is 4.79 Å². The van der Waals surface area contributed by atoms with Gasteiger partial charge in [-0.2, -0.15) is 0 Å². The van der Waals surface area contributed by atoms with Crippen molar-refractivity contribution in [1.82, 2.24) is 0 Å². The first-order valence-corrected chi connectivity index (χ1v) is 10.2. The third-order valence-electron chi connectivity index (χ3n) is 3.62. The molecule has 0 aliphatic heterocycles. The minimum absolute atomic E-state index is 0.246. The van der Waals surface area contributed by atoms with Crippen LogP contribution in [0.1, 0.15) is 13.3 Å². The minimum atomic E-state index is -0.246. The van der Waals surface area contributed by atoms with Crippen molar-refractivity contribution in [2.75, 3.05) is 85.0 Å². The molecule has 0 aliphatic rings. The lowest BCUT2D eigenvalue weighted by Gasteiger charge is -2.09. The molecule has 1 aromatic rings. The highest BCUT2D eigenvalue weighted by atomic mass is 16.6. The highest BCUT2D eigenvalue weighted by Gasteiger charge is 2.00. The molecule has 1 rings (SSSR count). The van der Waals surface area contributed by atoms with E-state index < -0.39 is 0 Å². The molecule has 0 heterocycles. The van der Waals surface area contributed by atoms with Gasteiger partial charge in [0.05, 0.1) is 79.1 Å². The van der Waals surface area contributed by atoms with Crippen LogP contribution < -0.4 is 10.5 Å². The van der Waals surface area contributed by atoms with Gasteiger partial charge in [-0.15, -0.1) is 0 Å². The van der Waals surface area contributed by atoms with Crippen LogP contribution in [0.2, 0.25) is 0 Å². The Balaban J connectivity index is 1.71. The van der Waals surface area contributed by atoms with E-state index in [0.717, 1.165) is 5.75 Å². The van der Waals surface area contributed by atoms with Crippen LogP contribution in [0.4, 0.5) is 5.69 Å². The van der Waals surface area contributed by atoms with Crippen LogP contribution in [0.5, 0.6) is 5.75 Å². The summed E-state index contributed by atoms with van der Waals surface area (Å²) >= 11 is 0. The number of ether oxygens (including phenoxy) is 7. The normalized spacial score (nSPS) is 10.8. The molecule has 0 bridgehead atoms. The van der Waals surface area contributed by atoms with Crippen LogP contribution in [-0.4, -0.2) is 85.3 Å². The fourth-order valence-corrected chi connectivity index (χ4v) is 2.15. The van der Waals surface area contributed by atoms with Gasteiger partial charge in [0.25, 0.3) is 0 Å². The van der Waals surface area contributed by atoms with Gasteiger partial charge in [-0.05, 0) is 31.2 Å². The van der Waals surface area contributed by atoms with Crippen molar-refractivity contribution in [2.45, 2.75) is 13.3 Å². The van der Waals surface area contributed by atoms with Gasteiger partial charge in [0.2, 0.25) is 0 Å². The SMILES string of the molecule is CCOC(=O)CCOCCOCCOCCOCCOCCOc1ccc(N)cc1. The average Bonchev–Trinajstić information content (AvgIpc) is 2.74. The van der Waals surface area contributed by atoms with Gasteiger partial charge in [-0.3, -0.25) is 4.79 Å². The highest BCUT2D eigenvalue weighted by molar-refractivity contribution is 5.69. The summed E-state index contributed by atoms with van der Waals surface area (Å²) in [5.41, 5.74) is 6.32. The Morgan fingerprint density at radius 3 is 1.60 bits per heavy atom. The molecule has 30 heavy (non-hydrogen) atoms. The molecule has 0 radical (unpaired) electrons. The quantitative estimate of drug-likeness (QED) is 0.188. The van der Waals surface area contributed by atoms with Gasteiger partial charge in [-0.25, -0.2) is 0 Å². The second kappa shape index (κ2) is 19.1. The van der Waals surface area contributed by atoms with Gasteiger partial charge >= 0.3 is 5.97 Å². The maximum atomic E-state index is 11.1. The van der Waals surface area contributed by atoms with Crippen molar-refractivity contribution in [2.24, 2.45) is 0 Å². The molecule has 0 fully saturated rings. The number of benzene rings is 1. The summed E-state index contributed by atoms with van der Waals surface area (Å²) in [6, 6.07) is 7.24. The molecule has 0 amide bonds. The molecule has 172 valence electrons. The first-order valence-electron chi connectivity index (χ1n) is 10.2. The summed E-state index contributed by atoms with van der Waals surface area (Å²) in [7, 11) is 0. The van der Waals surface area contributed by atoms with E-state index in [0.29, 0.717) is 85.0 Å². The molecule has 0 atom stereocenters. The minimum Gasteiger partial charge on any atom is -0.491 e. The lowest BCUT2D eigenvalue weighted by atomic mass is 10.3. The summed E-state index contributed by atoms with van der Waals surface area (Å²) in [5, 5.41) is 0. The van der Waals surface area contributed by atoms with Crippen molar-refractivity contribution in [1.29, 1.82) is 0 Å². The standard InChI is InChI=1S/C21H35NO8/c1-2-29-21(23)7-8-24-9-10-25-11-12-26-13-14-27-15-16-28-17-18-30-20-5-3-19(22)4-6-20/h3-6H,2,7-18,22H2,1H3. The van der Waals surface area contributed by atoms with E-state index in [-0.39, 0.29) is 12.4 Å². The number of carbonyl (C=O) groups is 1. The van der Waals surface area contributed by atoms with Crippen LogP contribution >= 0.6 is 0 Å². The molecule has 0 unspecified atom stereocenters. The second-order valence-corrected chi connectivity index (χ2v) is 6.03. The molecule has 0 aromatic heterocycles. The molecular weight excluding hydrogens is 394 g/mol. The Labute approximate surface area is 178 Å². The second-order valence-electron chi connectivity index (χ2n) is 6.03. The first-order chi connectivity index (χ1) is 14.7. The van der Waals surface area contributed by atoms with Crippen molar-refractivity contribution in [3.8, 4) is 5.75 Å². The Bertz CT molecular complexity index is 526. The average molecular weight is 430 g/mol. The van der Waals surface area contributed by atoms with Gasteiger partial charge in [0.1, 0.15) is 12.4 Å². The Morgan fingerprint density at radius 2 is 1.13 bits per heavy atom. The van der Waals surface area contributed by atoms with E-state index in [2.05, 4.69) is 0 Å². The fourth-order valence-electron chi connectivity index (χ4n) is 2.15. The van der Waals surface area contributed by atoms with Crippen LogP contribution in [0.3, 0.4) is 0 Å². The van der Waals surface area contributed by atoms with E-state index >= 15 is 0 Å². The van der Waals surface area contributed by atoms with Crippen LogP contribution in [0.15, 0.2) is 24.3 Å². The predicted octanol–water partition coefficient (Wildman–Crippen LogP) is 1.68. The van der Waals surface area contributed by atoms with Crippen LogP contribution in [0, 0.1) is 0 Å². The summed E-state index contributed by atoms with van der Waals surface area (Å²) < 4.78 is 37.2. The van der Waals surface area contributed by atoms with Crippen molar-refractivity contribution in [3.63, 3.8) is 0 Å². The maximum Gasteiger partial charge on any atom is 0.308 e. The van der Waals surface area contributed by atoms with Crippen molar-refractivity contribution in [3.05, 3.63) is 24.3 Å². The molecule has 9 nitrogen and oxygen atoms in total. The van der Waals surface area contributed by atoms with Gasteiger partial charge in [0.15, 0.2) is 0 Å². The first kappa shape index (κ1) is 26.1. The highest BCUT2D eigenvalue weighted by Crippen LogP contribution is 2.12. The van der Waals surface area contributed by atoms with E-state index in [4.69, 9.17) is 38.9 Å². The summed E-state index contributed by atoms with van der Waals surface area (Å²) in [4.78, 5) is 11.1. The van der Waals surface area contributed by atoms with Crippen LogP contribution in [-0.2, 0) is 33.2 Å². The van der Waals surface area contributed by atoms with E-state index in [1.54, 1.807) is 19.1 Å². The lowest BCUT2D eigenvalue weighted by molar-refractivity contribution is -0.144. The number of nitrogens with two attached hydrogens (primary N) is 1.